The lowest BCUT2D eigenvalue weighted by Gasteiger charge is -2.21. The van der Waals surface area contributed by atoms with E-state index in [1.165, 1.54) is 18.2 Å². The van der Waals surface area contributed by atoms with E-state index in [2.05, 4.69) is 0 Å². The monoisotopic (exact) mass is 512 g/mol. The largest absolute Gasteiger partial charge is 0.456 e. The molecule has 0 spiro atoms. The molecule has 2 aromatic carbocycles. The molecule has 0 saturated heterocycles. The van der Waals surface area contributed by atoms with Crippen molar-refractivity contribution in [3.63, 3.8) is 0 Å². The third-order valence-electron chi connectivity index (χ3n) is 4.25. The number of alkyl halides is 3. The first-order valence-electron chi connectivity index (χ1n) is 9.43. The molecular weight excluding hydrogens is 491 g/mol. The number of ether oxygens (including phenoxy) is 2. The van der Waals surface area contributed by atoms with Gasteiger partial charge in [0.15, 0.2) is 6.79 Å². The standard InChI is InChI=1S/C21H22Cl2F3O5P/c1-5-32(28,30-12-29-19(27)20(2,3)4)18-11-14(7-8-15(18)22)31-17-9-6-13(10-16(17)23)21(24,25)26/h6-11H,5,12H2,1-4H3. The van der Waals surface area contributed by atoms with Crippen LogP contribution in [0.15, 0.2) is 36.4 Å². The SMILES string of the molecule is CCP(=O)(OCOC(=O)C(C)(C)C)c1cc(Oc2ccc(C(F)(F)F)cc2Cl)ccc1Cl. The smallest absolute Gasteiger partial charge is 0.416 e. The molecule has 2 rings (SSSR count). The van der Waals surface area contributed by atoms with Crippen LogP contribution < -0.4 is 10.0 Å². The van der Waals surface area contributed by atoms with E-state index in [9.17, 15) is 22.5 Å². The molecule has 0 aliphatic heterocycles. The normalized spacial score (nSPS) is 14.0. The van der Waals surface area contributed by atoms with Crippen LogP contribution in [0.4, 0.5) is 13.2 Å². The van der Waals surface area contributed by atoms with Crippen molar-refractivity contribution in [2.75, 3.05) is 13.0 Å². The number of rotatable bonds is 7. The van der Waals surface area contributed by atoms with Gasteiger partial charge in [-0.3, -0.25) is 13.9 Å². The maximum absolute atomic E-state index is 13.4. The van der Waals surface area contributed by atoms with E-state index < -0.39 is 37.3 Å². The van der Waals surface area contributed by atoms with Gasteiger partial charge in [-0.25, -0.2) is 0 Å². The summed E-state index contributed by atoms with van der Waals surface area (Å²) in [5.74, 6) is -0.422. The summed E-state index contributed by atoms with van der Waals surface area (Å²) in [5, 5.41) is -0.00227. The van der Waals surface area contributed by atoms with Crippen LogP contribution in [0.25, 0.3) is 0 Å². The quantitative estimate of drug-likeness (QED) is 0.221. The van der Waals surface area contributed by atoms with E-state index >= 15 is 0 Å². The molecule has 11 heteroatoms. The first kappa shape index (κ1) is 26.5. The van der Waals surface area contributed by atoms with Crippen LogP contribution in [0.2, 0.25) is 10.0 Å². The van der Waals surface area contributed by atoms with Gasteiger partial charge in [-0.05, 0) is 57.2 Å². The van der Waals surface area contributed by atoms with E-state index in [4.69, 9.17) is 37.2 Å². The van der Waals surface area contributed by atoms with Crippen molar-refractivity contribution in [3.8, 4) is 11.5 Å². The highest BCUT2D eigenvalue weighted by molar-refractivity contribution is 7.67. The van der Waals surface area contributed by atoms with Gasteiger partial charge in [0.2, 0.25) is 7.37 Å². The van der Waals surface area contributed by atoms with Crippen molar-refractivity contribution in [1.82, 2.24) is 0 Å². The summed E-state index contributed by atoms with van der Waals surface area (Å²) in [4.78, 5) is 11.9. The highest BCUT2D eigenvalue weighted by Crippen LogP contribution is 2.48. The van der Waals surface area contributed by atoms with Gasteiger partial charge in [0.25, 0.3) is 0 Å². The lowest BCUT2D eigenvalue weighted by atomic mass is 9.98. The molecule has 2 aromatic rings. The van der Waals surface area contributed by atoms with E-state index in [1.54, 1.807) is 27.7 Å². The minimum atomic E-state index is -4.54. The summed E-state index contributed by atoms with van der Waals surface area (Å²) in [6, 6.07) is 6.88. The van der Waals surface area contributed by atoms with Gasteiger partial charge >= 0.3 is 12.1 Å². The third kappa shape index (κ3) is 6.64. The third-order valence-corrected chi connectivity index (χ3v) is 7.47. The Kier molecular flexibility index (Phi) is 8.32. The Morgan fingerprint density at radius 2 is 1.69 bits per heavy atom. The number of benzene rings is 2. The number of hydrogen-bond donors (Lipinski definition) is 0. The second-order valence-electron chi connectivity index (χ2n) is 7.78. The number of carbonyl (C=O) groups excluding carboxylic acids is 1. The first-order valence-corrected chi connectivity index (χ1v) is 12.0. The van der Waals surface area contributed by atoms with Crippen LogP contribution in [0, 0.1) is 5.41 Å². The van der Waals surface area contributed by atoms with Crippen LogP contribution in [0.3, 0.4) is 0 Å². The zero-order valence-corrected chi connectivity index (χ0v) is 20.2. The van der Waals surface area contributed by atoms with Crippen molar-refractivity contribution in [2.24, 2.45) is 5.41 Å². The van der Waals surface area contributed by atoms with Crippen LogP contribution in [0.5, 0.6) is 11.5 Å². The molecule has 0 saturated carbocycles. The maximum Gasteiger partial charge on any atom is 0.416 e. The fourth-order valence-electron chi connectivity index (χ4n) is 2.42. The zero-order valence-electron chi connectivity index (χ0n) is 17.8. The highest BCUT2D eigenvalue weighted by Gasteiger charge is 2.32. The molecule has 0 aromatic heterocycles. The Bertz CT molecular complexity index is 1040. The molecule has 0 radical (unpaired) electrons. The Balaban J connectivity index is 2.25. The summed E-state index contributed by atoms with van der Waals surface area (Å²) >= 11 is 12.1. The molecule has 0 N–H and O–H groups in total. The molecule has 0 amide bonds. The molecule has 0 heterocycles. The van der Waals surface area contributed by atoms with Crippen molar-refractivity contribution in [2.45, 2.75) is 33.9 Å². The Morgan fingerprint density at radius 1 is 1.03 bits per heavy atom. The minimum absolute atomic E-state index is 0.0284. The molecule has 176 valence electrons. The van der Waals surface area contributed by atoms with Gasteiger partial charge in [-0.1, -0.05) is 30.1 Å². The van der Waals surface area contributed by atoms with Crippen molar-refractivity contribution in [3.05, 3.63) is 52.0 Å². The number of esters is 1. The van der Waals surface area contributed by atoms with Gasteiger partial charge in [0, 0.05) is 6.16 Å². The molecular formula is C21H22Cl2F3O5P. The highest BCUT2D eigenvalue weighted by atomic mass is 35.5. The molecule has 0 bridgehead atoms. The predicted octanol–water partition coefficient (Wildman–Crippen LogP) is 7.29. The van der Waals surface area contributed by atoms with Crippen molar-refractivity contribution >= 4 is 41.8 Å². The molecule has 0 aliphatic carbocycles. The molecule has 1 unspecified atom stereocenters. The fraction of sp³-hybridized carbons (Fsp3) is 0.381. The lowest BCUT2D eigenvalue weighted by molar-refractivity contribution is -0.159. The summed E-state index contributed by atoms with van der Waals surface area (Å²) in [7, 11) is -3.54. The zero-order chi connectivity index (χ0) is 24.3. The van der Waals surface area contributed by atoms with Crippen LogP contribution in [0.1, 0.15) is 33.3 Å². The van der Waals surface area contributed by atoms with E-state index in [1.807, 2.05) is 0 Å². The van der Waals surface area contributed by atoms with Crippen LogP contribution in [-0.4, -0.2) is 18.9 Å². The second kappa shape index (κ2) is 10.0. The minimum Gasteiger partial charge on any atom is -0.456 e. The Morgan fingerprint density at radius 3 is 2.22 bits per heavy atom. The maximum atomic E-state index is 13.4. The number of carbonyl (C=O) groups is 1. The van der Waals surface area contributed by atoms with Gasteiger partial charge in [0.1, 0.15) is 11.5 Å². The van der Waals surface area contributed by atoms with Crippen LogP contribution >= 0.6 is 30.6 Å². The Labute approximate surface area is 194 Å². The average molecular weight is 513 g/mol. The Hall–Kier alpha value is -1.73. The fourth-order valence-corrected chi connectivity index (χ4v) is 4.75. The molecule has 0 aliphatic rings. The van der Waals surface area contributed by atoms with E-state index in [0.29, 0.717) is 0 Å². The summed E-state index contributed by atoms with van der Waals surface area (Å²) in [5.41, 5.74) is -1.67. The molecule has 32 heavy (non-hydrogen) atoms. The van der Waals surface area contributed by atoms with Gasteiger partial charge in [0.05, 0.1) is 26.3 Å². The van der Waals surface area contributed by atoms with Crippen molar-refractivity contribution in [1.29, 1.82) is 0 Å². The van der Waals surface area contributed by atoms with Crippen molar-refractivity contribution < 1.29 is 36.5 Å². The number of halogens is 5. The summed E-state index contributed by atoms with van der Waals surface area (Å²) in [6.07, 6.45) is -4.50. The van der Waals surface area contributed by atoms with Gasteiger partial charge in [-0.15, -0.1) is 0 Å². The summed E-state index contributed by atoms with van der Waals surface area (Å²) < 4.78 is 67.8. The molecule has 5 nitrogen and oxygen atoms in total. The topological polar surface area (TPSA) is 61.8 Å². The van der Waals surface area contributed by atoms with E-state index in [-0.39, 0.29) is 33.0 Å². The van der Waals surface area contributed by atoms with E-state index in [0.717, 1.165) is 18.2 Å². The average Bonchev–Trinajstić information content (AvgIpc) is 2.69. The molecule has 1 atom stereocenters. The van der Waals surface area contributed by atoms with Crippen LogP contribution in [-0.2, 0) is 24.8 Å². The first-order chi connectivity index (χ1) is 14.7. The number of hydrogen-bond acceptors (Lipinski definition) is 5. The second-order valence-corrected chi connectivity index (χ2v) is 11.3. The lowest BCUT2D eigenvalue weighted by Crippen LogP contribution is -2.24. The van der Waals surface area contributed by atoms with Gasteiger partial charge < -0.3 is 9.47 Å². The molecule has 0 fully saturated rings. The van der Waals surface area contributed by atoms with Gasteiger partial charge in [-0.2, -0.15) is 13.2 Å². The summed E-state index contributed by atoms with van der Waals surface area (Å²) in [6.45, 7) is 6.08. The predicted molar refractivity (Wildman–Crippen MR) is 117 cm³/mol.